The van der Waals surface area contributed by atoms with Crippen LogP contribution in [0.4, 0.5) is 0 Å². The van der Waals surface area contributed by atoms with Crippen molar-refractivity contribution in [3.63, 3.8) is 0 Å². The lowest BCUT2D eigenvalue weighted by Gasteiger charge is -2.22. The Bertz CT molecular complexity index is 724. The molecule has 2 aromatic rings. The number of ketones is 1. The number of amides is 1. The van der Waals surface area contributed by atoms with Crippen LogP contribution < -0.4 is 5.32 Å². The number of halogens is 1. The smallest absolute Gasteiger partial charge is 0.309 e. The number of carboxylic acid groups (broad SMARTS) is 1. The van der Waals surface area contributed by atoms with E-state index >= 15 is 0 Å². The molecule has 0 aliphatic carbocycles. The zero-order valence-corrected chi connectivity index (χ0v) is 13.6. The number of rotatable bonds is 7. The van der Waals surface area contributed by atoms with Crippen LogP contribution in [0.1, 0.15) is 34.1 Å². The molecule has 1 aromatic heterocycles. The predicted octanol–water partition coefficient (Wildman–Crippen LogP) is 3.03. The van der Waals surface area contributed by atoms with E-state index in [1.165, 1.54) is 42.9 Å². The highest BCUT2D eigenvalue weighted by molar-refractivity contribution is 6.30. The number of nitrogens with one attached hydrogen (secondary N) is 1. The van der Waals surface area contributed by atoms with E-state index in [0.717, 1.165) is 0 Å². The van der Waals surface area contributed by atoms with E-state index in [1.807, 2.05) is 0 Å². The van der Waals surface area contributed by atoms with Gasteiger partial charge in [-0.25, -0.2) is 0 Å². The van der Waals surface area contributed by atoms with Crippen molar-refractivity contribution in [2.75, 3.05) is 0 Å². The lowest BCUT2D eigenvalue weighted by atomic mass is 9.91. The highest BCUT2D eigenvalue weighted by Crippen LogP contribution is 2.17. The Morgan fingerprint density at radius 1 is 1.17 bits per heavy atom. The van der Waals surface area contributed by atoms with Gasteiger partial charge in [0.2, 0.25) is 0 Å². The Balaban J connectivity index is 2.28. The van der Waals surface area contributed by atoms with Gasteiger partial charge < -0.3 is 14.8 Å². The molecule has 126 valence electrons. The topological polar surface area (TPSA) is 96.6 Å². The van der Waals surface area contributed by atoms with Crippen LogP contribution in [-0.2, 0) is 4.79 Å². The average Bonchev–Trinajstić information content (AvgIpc) is 3.08. The maximum atomic E-state index is 12.6. The van der Waals surface area contributed by atoms with E-state index in [-0.39, 0.29) is 17.5 Å². The summed E-state index contributed by atoms with van der Waals surface area (Å²) in [5.74, 6) is -3.27. The molecule has 0 radical (unpaired) electrons. The minimum atomic E-state index is -1.20. The van der Waals surface area contributed by atoms with Crippen molar-refractivity contribution in [2.45, 2.75) is 19.4 Å². The van der Waals surface area contributed by atoms with E-state index in [1.54, 1.807) is 6.92 Å². The van der Waals surface area contributed by atoms with E-state index in [4.69, 9.17) is 16.0 Å². The normalized spacial score (nSPS) is 13.1. The number of furan rings is 1. The van der Waals surface area contributed by atoms with Crippen molar-refractivity contribution >= 4 is 29.3 Å². The second-order valence-corrected chi connectivity index (χ2v) is 5.62. The number of carbonyl (C=O) groups is 3. The molecule has 6 nitrogen and oxygen atoms in total. The molecule has 0 saturated heterocycles. The van der Waals surface area contributed by atoms with Gasteiger partial charge in [0.05, 0.1) is 17.7 Å². The van der Waals surface area contributed by atoms with E-state index in [9.17, 15) is 19.5 Å². The largest absolute Gasteiger partial charge is 0.481 e. The lowest BCUT2D eigenvalue weighted by molar-refractivity contribution is -0.142. The quantitative estimate of drug-likeness (QED) is 0.749. The third-order valence-corrected chi connectivity index (χ3v) is 3.89. The van der Waals surface area contributed by atoms with E-state index in [2.05, 4.69) is 5.32 Å². The first-order valence-electron chi connectivity index (χ1n) is 7.29. The molecule has 1 heterocycles. The van der Waals surface area contributed by atoms with Crippen LogP contribution in [-0.4, -0.2) is 28.8 Å². The SMILES string of the molecule is CCC(C(=O)O)C(NC(=O)c1ccc(Cl)cc1)C(=O)c1ccoc1. The molecule has 1 amide bonds. The summed E-state index contributed by atoms with van der Waals surface area (Å²) < 4.78 is 4.87. The number of Topliss-reactive ketones (excluding diaryl/α,β-unsaturated/α-hetero) is 1. The second-order valence-electron chi connectivity index (χ2n) is 5.19. The summed E-state index contributed by atoms with van der Waals surface area (Å²) >= 11 is 5.78. The van der Waals surface area contributed by atoms with Gasteiger partial charge in [0, 0.05) is 10.6 Å². The molecular weight excluding hydrogens is 334 g/mol. The average molecular weight is 350 g/mol. The highest BCUT2D eigenvalue weighted by atomic mass is 35.5. The first-order chi connectivity index (χ1) is 11.4. The van der Waals surface area contributed by atoms with Crippen molar-refractivity contribution in [2.24, 2.45) is 5.92 Å². The molecule has 0 bridgehead atoms. The van der Waals surface area contributed by atoms with Crippen molar-refractivity contribution in [3.05, 3.63) is 59.0 Å². The molecular formula is C17H16ClNO5. The summed E-state index contributed by atoms with van der Waals surface area (Å²) in [5.41, 5.74) is 0.487. The number of carbonyl (C=O) groups excluding carboxylic acids is 2. The molecule has 1 aromatic carbocycles. The summed E-state index contributed by atoms with van der Waals surface area (Å²) in [5, 5.41) is 12.4. The summed E-state index contributed by atoms with van der Waals surface area (Å²) in [6.07, 6.45) is 2.72. The lowest BCUT2D eigenvalue weighted by Crippen LogP contribution is -2.48. The zero-order chi connectivity index (χ0) is 17.7. The van der Waals surface area contributed by atoms with Crippen LogP contribution in [0, 0.1) is 5.92 Å². The molecule has 0 spiro atoms. The Labute approximate surface area is 143 Å². The zero-order valence-electron chi connectivity index (χ0n) is 12.9. The Morgan fingerprint density at radius 2 is 1.83 bits per heavy atom. The minimum absolute atomic E-state index is 0.185. The van der Waals surface area contributed by atoms with Crippen LogP contribution in [0.25, 0.3) is 0 Å². The van der Waals surface area contributed by atoms with Gasteiger partial charge in [-0.15, -0.1) is 0 Å². The molecule has 2 atom stereocenters. The monoisotopic (exact) mass is 349 g/mol. The molecule has 2 N–H and O–H groups in total. The number of hydrogen-bond acceptors (Lipinski definition) is 4. The summed E-state index contributed by atoms with van der Waals surface area (Å²) in [7, 11) is 0. The van der Waals surface area contributed by atoms with Crippen LogP contribution in [0.15, 0.2) is 47.3 Å². The fourth-order valence-corrected chi connectivity index (χ4v) is 2.44. The first-order valence-corrected chi connectivity index (χ1v) is 7.67. The van der Waals surface area contributed by atoms with Crippen LogP contribution >= 0.6 is 11.6 Å². The number of benzene rings is 1. The van der Waals surface area contributed by atoms with Gasteiger partial charge in [-0.05, 0) is 36.8 Å². The molecule has 7 heteroatoms. The minimum Gasteiger partial charge on any atom is -0.481 e. The van der Waals surface area contributed by atoms with Gasteiger partial charge in [-0.3, -0.25) is 14.4 Å². The fourth-order valence-electron chi connectivity index (χ4n) is 2.31. The van der Waals surface area contributed by atoms with Gasteiger partial charge >= 0.3 is 5.97 Å². The number of aliphatic carboxylic acids is 1. The Kier molecular flexibility index (Phi) is 5.76. The predicted molar refractivity (Wildman–Crippen MR) is 87.2 cm³/mol. The van der Waals surface area contributed by atoms with Gasteiger partial charge in [-0.1, -0.05) is 18.5 Å². The standard InChI is InChI=1S/C17H16ClNO5/c1-2-13(17(22)23)14(15(20)11-7-8-24-9-11)19-16(21)10-3-5-12(18)6-4-10/h3-9,13-14H,2H2,1H3,(H,19,21)(H,22,23). The molecule has 0 aliphatic heterocycles. The fraction of sp³-hybridized carbons (Fsp3) is 0.235. The third-order valence-electron chi connectivity index (χ3n) is 3.64. The van der Waals surface area contributed by atoms with Crippen LogP contribution in [0.2, 0.25) is 5.02 Å². The third kappa shape index (κ3) is 4.02. The number of carboxylic acids is 1. The highest BCUT2D eigenvalue weighted by Gasteiger charge is 2.34. The van der Waals surface area contributed by atoms with Gasteiger partial charge in [0.25, 0.3) is 5.91 Å². The van der Waals surface area contributed by atoms with Gasteiger partial charge in [0.1, 0.15) is 12.3 Å². The summed E-state index contributed by atoms with van der Waals surface area (Å²) in [6, 6.07) is 6.30. The Morgan fingerprint density at radius 3 is 2.33 bits per heavy atom. The van der Waals surface area contributed by atoms with Crippen molar-refractivity contribution in [1.29, 1.82) is 0 Å². The maximum Gasteiger partial charge on any atom is 0.309 e. The second kappa shape index (κ2) is 7.79. The molecule has 2 rings (SSSR count). The van der Waals surface area contributed by atoms with E-state index in [0.29, 0.717) is 5.02 Å². The van der Waals surface area contributed by atoms with Gasteiger partial charge in [-0.2, -0.15) is 0 Å². The van der Waals surface area contributed by atoms with Crippen molar-refractivity contribution in [3.8, 4) is 0 Å². The van der Waals surface area contributed by atoms with Crippen LogP contribution in [0.5, 0.6) is 0 Å². The molecule has 0 fully saturated rings. The Hall–Kier alpha value is -2.60. The summed E-state index contributed by atoms with van der Waals surface area (Å²) in [4.78, 5) is 36.4. The molecule has 2 unspecified atom stereocenters. The number of hydrogen-bond donors (Lipinski definition) is 2. The maximum absolute atomic E-state index is 12.6. The molecule has 0 saturated carbocycles. The van der Waals surface area contributed by atoms with Crippen LogP contribution in [0.3, 0.4) is 0 Å². The molecule has 24 heavy (non-hydrogen) atoms. The van der Waals surface area contributed by atoms with E-state index < -0.39 is 29.6 Å². The first kappa shape index (κ1) is 17.7. The molecule has 0 aliphatic rings. The van der Waals surface area contributed by atoms with Crippen molar-refractivity contribution in [1.82, 2.24) is 5.32 Å². The summed E-state index contributed by atoms with van der Waals surface area (Å²) in [6.45, 7) is 1.64. The van der Waals surface area contributed by atoms with Gasteiger partial charge in [0.15, 0.2) is 5.78 Å². The van der Waals surface area contributed by atoms with Crippen molar-refractivity contribution < 1.29 is 23.9 Å².